The smallest absolute Gasteiger partial charge is 0.160 e. The van der Waals surface area contributed by atoms with Crippen molar-refractivity contribution in [1.29, 1.82) is 0 Å². The largest absolute Gasteiger partial charge is 0.260 e. The van der Waals surface area contributed by atoms with Crippen molar-refractivity contribution in [2.24, 2.45) is 10.9 Å². The number of aryl methyl sites for hydroxylation is 1. The Kier molecular flexibility index (Phi) is 9.64. The van der Waals surface area contributed by atoms with Crippen LogP contribution >= 0.6 is 0 Å². The van der Waals surface area contributed by atoms with Crippen LogP contribution in [0.1, 0.15) is 59.5 Å². The van der Waals surface area contributed by atoms with Crippen molar-refractivity contribution in [3.05, 3.63) is 210 Å². The van der Waals surface area contributed by atoms with Gasteiger partial charge in [0.15, 0.2) is 5.82 Å². The van der Waals surface area contributed by atoms with E-state index in [0.717, 1.165) is 72.6 Å². The molecule has 4 aliphatic rings. The first kappa shape index (κ1) is 35.7. The minimum Gasteiger partial charge on any atom is -0.260 e. The molecule has 0 radical (unpaired) electrons. The molecule has 0 saturated heterocycles. The van der Waals surface area contributed by atoms with Crippen molar-refractivity contribution in [2.45, 2.75) is 44.4 Å². The minimum atomic E-state index is 0.142. The van der Waals surface area contributed by atoms with Crippen molar-refractivity contribution in [1.82, 2.24) is 9.97 Å². The summed E-state index contributed by atoms with van der Waals surface area (Å²) in [5.41, 5.74) is 16.8. The Hall–Kier alpha value is -6.71. The highest BCUT2D eigenvalue weighted by molar-refractivity contribution is 6.02. The Morgan fingerprint density at radius 1 is 0.655 bits per heavy atom. The van der Waals surface area contributed by atoms with Crippen LogP contribution in [0.3, 0.4) is 0 Å². The summed E-state index contributed by atoms with van der Waals surface area (Å²) >= 11 is 0. The minimum absolute atomic E-state index is 0.142. The second-order valence-corrected chi connectivity index (χ2v) is 15.7. The molecule has 0 bridgehead atoms. The number of hydrogen-bond donors (Lipinski definition) is 0. The number of aliphatic imine (C=N–C) groups is 1. The molecule has 1 aliphatic heterocycles. The van der Waals surface area contributed by atoms with E-state index in [4.69, 9.17) is 15.0 Å². The number of nitrogens with zero attached hydrogens (tertiary/aromatic N) is 3. The zero-order valence-corrected chi connectivity index (χ0v) is 32.7. The van der Waals surface area contributed by atoms with E-state index < -0.39 is 0 Å². The molecule has 0 spiro atoms. The average molecular weight is 748 g/mol. The van der Waals surface area contributed by atoms with Crippen LogP contribution in [0.2, 0.25) is 0 Å². The maximum atomic E-state index is 5.30. The molecule has 0 N–H and O–H groups in total. The molecular weight excluding hydrogens is 703 g/mol. The first-order valence-corrected chi connectivity index (χ1v) is 20.7. The predicted molar refractivity (Wildman–Crippen MR) is 244 cm³/mol. The van der Waals surface area contributed by atoms with Gasteiger partial charge in [-0.05, 0) is 118 Å². The molecule has 6 aromatic rings. The third-order valence-corrected chi connectivity index (χ3v) is 12.1. The lowest BCUT2D eigenvalue weighted by Crippen LogP contribution is -2.14. The number of hydrogen-bond acceptors (Lipinski definition) is 3. The van der Waals surface area contributed by atoms with Gasteiger partial charge >= 0.3 is 0 Å². The van der Waals surface area contributed by atoms with Gasteiger partial charge in [0, 0.05) is 29.2 Å². The molecule has 5 aromatic carbocycles. The molecule has 2 atom stereocenters. The zero-order chi connectivity index (χ0) is 38.8. The van der Waals surface area contributed by atoms with Gasteiger partial charge in [-0.15, -0.1) is 0 Å². The average Bonchev–Trinajstić information content (AvgIpc) is 3.30. The fourth-order valence-electron chi connectivity index (χ4n) is 9.00. The summed E-state index contributed by atoms with van der Waals surface area (Å²) in [6.45, 7) is 3.87. The molecule has 1 aromatic heterocycles. The summed E-state index contributed by atoms with van der Waals surface area (Å²) in [5.74, 6) is 1.17. The normalized spacial score (nSPS) is 18.4. The van der Waals surface area contributed by atoms with E-state index in [1.54, 1.807) is 0 Å². The maximum Gasteiger partial charge on any atom is 0.160 e. The highest BCUT2D eigenvalue weighted by Gasteiger charge is 2.23. The fourth-order valence-corrected chi connectivity index (χ4v) is 9.00. The van der Waals surface area contributed by atoms with Crippen molar-refractivity contribution in [3.8, 4) is 33.8 Å². The van der Waals surface area contributed by atoms with Crippen LogP contribution in [0.25, 0.3) is 56.2 Å². The second-order valence-electron chi connectivity index (χ2n) is 15.7. The second kappa shape index (κ2) is 15.7. The molecule has 0 fully saturated rings. The van der Waals surface area contributed by atoms with Gasteiger partial charge in [0.25, 0.3) is 0 Å². The fraction of sp³-hybridized carbons (Fsp3) is 0.145. The Labute approximate surface area is 341 Å². The van der Waals surface area contributed by atoms with E-state index in [1.165, 1.54) is 60.9 Å². The monoisotopic (exact) mass is 747 g/mol. The molecule has 58 heavy (non-hydrogen) atoms. The van der Waals surface area contributed by atoms with Crippen LogP contribution in [0.15, 0.2) is 187 Å². The SMILES string of the molecule is C=C/C=C\C1=CCCC=C1c1ccc(-c2cc(C3C=CC(C4C=Nc5ccccc5C4)=CC3)nc(-c3ccc(-c4cc5c(c6ccccc46)C=CCC5)cc3)n2)cc1. The number of fused-ring (bicyclic) bond motifs is 4. The maximum absolute atomic E-state index is 5.30. The highest BCUT2D eigenvalue weighted by Crippen LogP contribution is 2.39. The van der Waals surface area contributed by atoms with E-state index in [-0.39, 0.29) is 11.8 Å². The van der Waals surface area contributed by atoms with Crippen LogP contribution in [0, 0.1) is 5.92 Å². The molecule has 3 nitrogen and oxygen atoms in total. The van der Waals surface area contributed by atoms with Gasteiger partial charge in [0.2, 0.25) is 0 Å². The lowest BCUT2D eigenvalue weighted by Gasteiger charge is -2.23. The number of para-hydroxylation sites is 1. The Morgan fingerprint density at radius 2 is 1.43 bits per heavy atom. The summed E-state index contributed by atoms with van der Waals surface area (Å²) in [5, 5.41) is 2.60. The van der Waals surface area contributed by atoms with Crippen LogP contribution in [0.4, 0.5) is 5.69 Å². The lowest BCUT2D eigenvalue weighted by molar-refractivity contribution is 0.759. The lowest BCUT2D eigenvalue weighted by atomic mass is 9.84. The molecule has 2 heterocycles. The van der Waals surface area contributed by atoms with Crippen molar-refractivity contribution in [3.63, 3.8) is 0 Å². The first-order valence-electron chi connectivity index (χ1n) is 20.7. The molecular formula is C55H45N3. The number of aromatic nitrogens is 2. The van der Waals surface area contributed by atoms with Gasteiger partial charge in [-0.25, -0.2) is 9.97 Å². The third kappa shape index (κ3) is 6.98. The summed E-state index contributed by atoms with van der Waals surface area (Å²) in [6.07, 6.45) is 30.5. The molecule has 10 rings (SSSR count). The van der Waals surface area contributed by atoms with E-state index in [9.17, 15) is 0 Å². The third-order valence-electron chi connectivity index (χ3n) is 12.1. The molecule has 280 valence electrons. The number of benzene rings is 5. The summed E-state index contributed by atoms with van der Waals surface area (Å²) in [7, 11) is 0. The van der Waals surface area contributed by atoms with Gasteiger partial charge in [-0.1, -0.05) is 158 Å². The molecule has 0 saturated carbocycles. The summed E-state index contributed by atoms with van der Waals surface area (Å²) in [6, 6.07) is 39.7. The van der Waals surface area contributed by atoms with Crippen LogP contribution in [-0.4, -0.2) is 16.2 Å². The molecule has 3 aliphatic carbocycles. The van der Waals surface area contributed by atoms with Gasteiger partial charge in [0.05, 0.1) is 17.1 Å². The Bertz CT molecular complexity index is 2790. The number of rotatable bonds is 8. The Morgan fingerprint density at radius 3 is 2.28 bits per heavy atom. The van der Waals surface area contributed by atoms with Gasteiger partial charge < -0.3 is 0 Å². The summed E-state index contributed by atoms with van der Waals surface area (Å²) < 4.78 is 0. The molecule has 3 heteroatoms. The zero-order valence-electron chi connectivity index (χ0n) is 32.7. The van der Waals surface area contributed by atoms with Crippen molar-refractivity contribution < 1.29 is 0 Å². The quantitative estimate of drug-likeness (QED) is 0.145. The predicted octanol–water partition coefficient (Wildman–Crippen LogP) is 14.0. The van der Waals surface area contributed by atoms with Crippen molar-refractivity contribution in [2.75, 3.05) is 0 Å². The Balaban J connectivity index is 0.992. The van der Waals surface area contributed by atoms with E-state index in [1.807, 2.05) is 12.2 Å². The van der Waals surface area contributed by atoms with Crippen LogP contribution in [-0.2, 0) is 12.8 Å². The van der Waals surface area contributed by atoms with Crippen molar-refractivity contribution >= 4 is 34.3 Å². The highest BCUT2D eigenvalue weighted by atomic mass is 14.9. The molecule has 0 amide bonds. The van der Waals surface area contributed by atoms with Crippen LogP contribution in [0.5, 0.6) is 0 Å². The topological polar surface area (TPSA) is 38.1 Å². The van der Waals surface area contributed by atoms with Gasteiger partial charge in [0.1, 0.15) is 0 Å². The van der Waals surface area contributed by atoms with E-state index in [0.29, 0.717) is 0 Å². The number of allylic oxidation sites excluding steroid dienone is 12. The first-order chi connectivity index (χ1) is 28.7. The van der Waals surface area contributed by atoms with E-state index in [2.05, 4.69) is 171 Å². The van der Waals surface area contributed by atoms with Crippen LogP contribution < -0.4 is 0 Å². The van der Waals surface area contributed by atoms with Gasteiger partial charge in [-0.2, -0.15) is 0 Å². The van der Waals surface area contributed by atoms with E-state index >= 15 is 0 Å². The van der Waals surface area contributed by atoms with Gasteiger partial charge in [-0.3, -0.25) is 4.99 Å². The summed E-state index contributed by atoms with van der Waals surface area (Å²) in [4.78, 5) is 15.4. The molecule has 2 unspecified atom stereocenters. The standard InChI is InChI=1S/C55H45N3/c1-2-3-12-38-13-4-7-16-47(38)39-23-29-42(30-24-39)54-35-53(41-27-21-37(22-28-41)46-33-45-15-6-11-20-52(45)56-36-46)57-55(58-54)43-31-25-40(26-32-43)51-34-44-14-5-8-17-48(44)49-18-9-10-19-50(49)51/h2-3,6,8-13,15-27,29-32,34-36,41,46H,1,4-5,7,14,28,33H2/b12-3-.